The molecule has 0 rings (SSSR count). The Hall–Kier alpha value is -0.0800. The summed E-state index contributed by atoms with van der Waals surface area (Å²) in [5, 5.41) is 3.51. The first kappa shape index (κ1) is 12.9. The number of rotatable bonds is 8. The van der Waals surface area contributed by atoms with Crippen molar-refractivity contribution in [2.75, 3.05) is 33.2 Å². The van der Waals surface area contributed by atoms with Gasteiger partial charge in [-0.25, -0.2) is 0 Å². The van der Waals surface area contributed by atoms with Crippen LogP contribution in [0.15, 0.2) is 0 Å². The smallest absolute Gasteiger partial charge is 0.0104 e. The summed E-state index contributed by atoms with van der Waals surface area (Å²) in [5.41, 5.74) is 0. The molecule has 2 nitrogen and oxygen atoms in total. The normalized spacial score (nSPS) is 11.5. The molecule has 0 saturated carbocycles. The zero-order valence-corrected chi connectivity index (χ0v) is 9.77. The van der Waals surface area contributed by atoms with Crippen molar-refractivity contribution in [1.29, 1.82) is 0 Å². The van der Waals surface area contributed by atoms with E-state index in [2.05, 4.69) is 38.0 Å². The molecule has 13 heavy (non-hydrogen) atoms. The topological polar surface area (TPSA) is 15.3 Å². The van der Waals surface area contributed by atoms with Crippen LogP contribution in [-0.2, 0) is 0 Å². The van der Waals surface area contributed by atoms with Gasteiger partial charge in [0, 0.05) is 13.1 Å². The minimum absolute atomic E-state index is 0.868. The standard InChI is InChI=1S/C11H26N2/c1-5-11(6-2)10-12-8-9-13(4)7-3/h11-12H,5-10H2,1-4H3. The molecule has 0 bridgehead atoms. The average Bonchev–Trinajstić information content (AvgIpc) is 2.18. The Labute approximate surface area is 83.7 Å². The summed E-state index contributed by atoms with van der Waals surface area (Å²) in [5.74, 6) is 0.868. The van der Waals surface area contributed by atoms with Crippen molar-refractivity contribution >= 4 is 0 Å². The van der Waals surface area contributed by atoms with Crippen LogP contribution in [0.1, 0.15) is 33.6 Å². The second-order valence-electron chi connectivity index (χ2n) is 3.78. The van der Waals surface area contributed by atoms with Crippen molar-refractivity contribution in [3.05, 3.63) is 0 Å². The minimum Gasteiger partial charge on any atom is -0.315 e. The molecule has 80 valence electrons. The third kappa shape index (κ3) is 7.03. The number of nitrogens with one attached hydrogen (secondary N) is 1. The zero-order chi connectivity index (χ0) is 10.1. The molecule has 1 N–H and O–H groups in total. The molecule has 0 aliphatic heterocycles. The lowest BCUT2D eigenvalue weighted by atomic mass is 10.0. The minimum atomic E-state index is 0.868. The first-order chi connectivity index (χ1) is 6.24. The predicted octanol–water partition coefficient (Wildman–Crippen LogP) is 1.96. The molecule has 0 saturated heterocycles. The Kier molecular flexibility index (Phi) is 8.46. The van der Waals surface area contributed by atoms with Gasteiger partial charge in [-0.15, -0.1) is 0 Å². The summed E-state index contributed by atoms with van der Waals surface area (Å²) in [6.45, 7) is 11.4. The SMILES string of the molecule is CCC(CC)CNCCN(C)CC. The van der Waals surface area contributed by atoms with Gasteiger partial charge in [-0.2, -0.15) is 0 Å². The molecule has 0 spiro atoms. The number of hydrogen-bond donors (Lipinski definition) is 1. The molecule has 0 heterocycles. The van der Waals surface area contributed by atoms with E-state index >= 15 is 0 Å². The van der Waals surface area contributed by atoms with Gasteiger partial charge in [-0.05, 0) is 26.1 Å². The molecule has 0 radical (unpaired) electrons. The molecule has 0 aliphatic rings. The molecular weight excluding hydrogens is 160 g/mol. The van der Waals surface area contributed by atoms with E-state index < -0.39 is 0 Å². The number of nitrogens with zero attached hydrogens (tertiary/aromatic N) is 1. The fraction of sp³-hybridized carbons (Fsp3) is 1.00. The molecule has 0 aromatic heterocycles. The van der Waals surface area contributed by atoms with E-state index in [0.717, 1.165) is 25.6 Å². The maximum atomic E-state index is 3.51. The number of likely N-dealkylation sites (N-methyl/N-ethyl adjacent to an activating group) is 1. The summed E-state index contributed by atoms with van der Waals surface area (Å²) in [7, 11) is 2.17. The predicted molar refractivity (Wildman–Crippen MR) is 60.1 cm³/mol. The van der Waals surface area contributed by atoms with Crippen LogP contribution in [-0.4, -0.2) is 38.1 Å². The van der Waals surface area contributed by atoms with Crippen LogP contribution in [0, 0.1) is 5.92 Å². The van der Waals surface area contributed by atoms with Crippen LogP contribution in [0.4, 0.5) is 0 Å². The summed E-state index contributed by atoms with van der Waals surface area (Å²) in [4.78, 5) is 2.33. The van der Waals surface area contributed by atoms with Gasteiger partial charge in [0.2, 0.25) is 0 Å². The summed E-state index contributed by atoms with van der Waals surface area (Å²) in [6, 6.07) is 0. The highest BCUT2D eigenvalue weighted by Gasteiger charge is 2.01. The molecule has 0 aromatic carbocycles. The first-order valence-electron chi connectivity index (χ1n) is 5.63. The Morgan fingerprint density at radius 2 is 1.77 bits per heavy atom. The summed E-state index contributed by atoms with van der Waals surface area (Å²) < 4.78 is 0. The maximum Gasteiger partial charge on any atom is 0.0104 e. The van der Waals surface area contributed by atoms with Gasteiger partial charge in [0.25, 0.3) is 0 Å². The van der Waals surface area contributed by atoms with Crippen molar-refractivity contribution < 1.29 is 0 Å². The number of hydrogen-bond acceptors (Lipinski definition) is 2. The Morgan fingerprint density at radius 3 is 2.23 bits per heavy atom. The van der Waals surface area contributed by atoms with Gasteiger partial charge in [-0.3, -0.25) is 0 Å². The Bertz CT molecular complexity index is 100. The monoisotopic (exact) mass is 186 g/mol. The molecule has 0 amide bonds. The van der Waals surface area contributed by atoms with Crippen molar-refractivity contribution in [3.63, 3.8) is 0 Å². The highest BCUT2D eigenvalue weighted by atomic mass is 15.1. The fourth-order valence-corrected chi connectivity index (χ4v) is 1.31. The van der Waals surface area contributed by atoms with Crippen LogP contribution < -0.4 is 5.32 Å². The first-order valence-corrected chi connectivity index (χ1v) is 5.63. The van der Waals surface area contributed by atoms with Gasteiger partial charge >= 0.3 is 0 Å². The molecule has 0 aliphatic carbocycles. The summed E-state index contributed by atoms with van der Waals surface area (Å²) in [6.07, 6.45) is 2.60. The largest absolute Gasteiger partial charge is 0.315 e. The second-order valence-corrected chi connectivity index (χ2v) is 3.78. The van der Waals surface area contributed by atoms with E-state index in [4.69, 9.17) is 0 Å². The quantitative estimate of drug-likeness (QED) is 0.583. The average molecular weight is 186 g/mol. The van der Waals surface area contributed by atoms with Crippen molar-refractivity contribution in [1.82, 2.24) is 10.2 Å². The molecule has 0 unspecified atom stereocenters. The molecular formula is C11H26N2. The Morgan fingerprint density at radius 1 is 1.15 bits per heavy atom. The van der Waals surface area contributed by atoms with Gasteiger partial charge in [0.15, 0.2) is 0 Å². The van der Waals surface area contributed by atoms with Crippen molar-refractivity contribution in [2.45, 2.75) is 33.6 Å². The second kappa shape index (κ2) is 8.52. The van der Waals surface area contributed by atoms with E-state index in [9.17, 15) is 0 Å². The summed E-state index contributed by atoms with van der Waals surface area (Å²) >= 11 is 0. The zero-order valence-electron chi connectivity index (χ0n) is 9.77. The van der Waals surface area contributed by atoms with Crippen LogP contribution in [0.25, 0.3) is 0 Å². The lowest BCUT2D eigenvalue weighted by Crippen LogP contribution is -2.31. The van der Waals surface area contributed by atoms with Crippen molar-refractivity contribution in [2.24, 2.45) is 5.92 Å². The highest BCUT2D eigenvalue weighted by molar-refractivity contribution is 4.59. The van der Waals surface area contributed by atoms with E-state index in [1.165, 1.54) is 19.4 Å². The van der Waals surface area contributed by atoms with Gasteiger partial charge in [0.1, 0.15) is 0 Å². The van der Waals surface area contributed by atoms with E-state index in [1.54, 1.807) is 0 Å². The van der Waals surface area contributed by atoms with Gasteiger partial charge < -0.3 is 10.2 Å². The molecule has 0 aromatic rings. The molecule has 0 fully saturated rings. The molecule has 2 heteroatoms. The van der Waals surface area contributed by atoms with Gasteiger partial charge in [-0.1, -0.05) is 33.6 Å². The van der Waals surface area contributed by atoms with E-state index in [1.807, 2.05) is 0 Å². The molecule has 0 atom stereocenters. The van der Waals surface area contributed by atoms with E-state index in [-0.39, 0.29) is 0 Å². The van der Waals surface area contributed by atoms with Crippen LogP contribution in [0.3, 0.4) is 0 Å². The van der Waals surface area contributed by atoms with Crippen LogP contribution in [0.5, 0.6) is 0 Å². The third-order valence-corrected chi connectivity index (χ3v) is 2.80. The van der Waals surface area contributed by atoms with Gasteiger partial charge in [0.05, 0.1) is 0 Å². The van der Waals surface area contributed by atoms with Crippen LogP contribution in [0.2, 0.25) is 0 Å². The highest BCUT2D eigenvalue weighted by Crippen LogP contribution is 2.04. The van der Waals surface area contributed by atoms with Crippen LogP contribution >= 0.6 is 0 Å². The Balaban J connectivity index is 3.23. The van der Waals surface area contributed by atoms with E-state index in [0.29, 0.717) is 0 Å². The lowest BCUT2D eigenvalue weighted by Gasteiger charge is -2.16. The third-order valence-electron chi connectivity index (χ3n) is 2.80. The van der Waals surface area contributed by atoms with Crippen molar-refractivity contribution in [3.8, 4) is 0 Å². The fourth-order valence-electron chi connectivity index (χ4n) is 1.31. The lowest BCUT2D eigenvalue weighted by molar-refractivity contribution is 0.340. The maximum absolute atomic E-state index is 3.51.